The average Bonchev–Trinajstić information content (AvgIpc) is 2.84. The number of nitrogens with one attached hydrogen (secondary N) is 2. The summed E-state index contributed by atoms with van der Waals surface area (Å²) in [4.78, 5) is 0. The smallest absolute Gasteiger partial charge is 0.214 e. The number of rotatable bonds is 4. The van der Waals surface area contributed by atoms with Crippen molar-refractivity contribution < 1.29 is 8.42 Å². The molecule has 1 heterocycles. The molecular formula is C12H24N2O2S. The molecule has 2 N–H and O–H groups in total. The highest BCUT2D eigenvalue weighted by Crippen LogP contribution is 2.24. The summed E-state index contributed by atoms with van der Waals surface area (Å²) in [6, 6.07) is 0.320. The minimum atomic E-state index is -3.10. The Morgan fingerprint density at radius 2 is 1.76 bits per heavy atom. The highest BCUT2D eigenvalue weighted by atomic mass is 32.2. The molecule has 2 fully saturated rings. The van der Waals surface area contributed by atoms with Crippen LogP contribution >= 0.6 is 0 Å². The Balaban J connectivity index is 1.90. The zero-order valence-corrected chi connectivity index (χ0v) is 11.4. The van der Waals surface area contributed by atoms with Gasteiger partial charge in [-0.2, -0.15) is 0 Å². The maximum absolute atomic E-state index is 12.1. The SMILES string of the molecule is CC(NS(=O)(=O)C1CCCC1)C1CCCCN1. The van der Waals surface area contributed by atoms with Gasteiger partial charge in [-0.05, 0) is 39.2 Å². The second kappa shape index (κ2) is 5.67. The molecule has 0 aromatic carbocycles. The van der Waals surface area contributed by atoms with E-state index in [1.165, 1.54) is 12.8 Å². The van der Waals surface area contributed by atoms with Gasteiger partial charge in [0.05, 0.1) is 5.25 Å². The van der Waals surface area contributed by atoms with E-state index in [0.717, 1.165) is 38.6 Å². The van der Waals surface area contributed by atoms with Gasteiger partial charge in [-0.1, -0.05) is 19.3 Å². The van der Waals surface area contributed by atoms with Crippen molar-refractivity contribution in [1.29, 1.82) is 0 Å². The summed E-state index contributed by atoms with van der Waals surface area (Å²) in [5.74, 6) is 0. The van der Waals surface area contributed by atoms with Crippen molar-refractivity contribution in [3.63, 3.8) is 0 Å². The number of hydrogen-bond donors (Lipinski definition) is 2. The molecule has 0 amide bonds. The maximum Gasteiger partial charge on any atom is 0.214 e. The van der Waals surface area contributed by atoms with E-state index in [-0.39, 0.29) is 11.3 Å². The molecule has 1 saturated carbocycles. The third-order valence-corrected chi connectivity index (χ3v) is 6.09. The monoisotopic (exact) mass is 260 g/mol. The van der Waals surface area contributed by atoms with Crippen molar-refractivity contribution in [3.05, 3.63) is 0 Å². The summed E-state index contributed by atoms with van der Waals surface area (Å²) >= 11 is 0. The standard InChI is InChI=1S/C12H24N2O2S/c1-10(12-8-4-5-9-13-12)14-17(15,16)11-6-2-3-7-11/h10-14H,2-9H2,1H3. The first-order valence-corrected chi connectivity index (χ1v) is 8.39. The van der Waals surface area contributed by atoms with Gasteiger partial charge in [0.1, 0.15) is 0 Å². The molecule has 2 atom stereocenters. The Bertz CT molecular complexity index is 330. The van der Waals surface area contributed by atoms with Crippen LogP contribution in [0.1, 0.15) is 51.9 Å². The normalized spacial score (nSPS) is 29.4. The van der Waals surface area contributed by atoms with Gasteiger partial charge >= 0.3 is 0 Å². The third kappa shape index (κ3) is 3.42. The zero-order chi connectivity index (χ0) is 12.3. The predicted molar refractivity (Wildman–Crippen MR) is 69.4 cm³/mol. The van der Waals surface area contributed by atoms with Crippen molar-refractivity contribution in [2.24, 2.45) is 0 Å². The first kappa shape index (κ1) is 13.3. The van der Waals surface area contributed by atoms with Crippen LogP contribution < -0.4 is 10.0 Å². The summed E-state index contributed by atoms with van der Waals surface area (Å²) < 4.78 is 27.2. The van der Waals surface area contributed by atoms with Crippen LogP contribution in [-0.2, 0) is 10.0 Å². The van der Waals surface area contributed by atoms with Crippen molar-refractivity contribution in [2.75, 3.05) is 6.54 Å². The van der Waals surface area contributed by atoms with E-state index in [0.29, 0.717) is 6.04 Å². The van der Waals surface area contributed by atoms with Crippen LogP contribution in [0.15, 0.2) is 0 Å². The van der Waals surface area contributed by atoms with Gasteiger partial charge in [0.2, 0.25) is 10.0 Å². The first-order valence-electron chi connectivity index (χ1n) is 6.84. The maximum atomic E-state index is 12.1. The molecule has 2 rings (SSSR count). The third-order valence-electron chi connectivity index (χ3n) is 4.04. The van der Waals surface area contributed by atoms with E-state index >= 15 is 0 Å². The second-order valence-electron chi connectivity index (χ2n) is 5.41. The molecule has 17 heavy (non-hydrogen) atoms. The molecular weight excluding hydrogens is 236 g/mol. The van der Waals surface area contributed by atoms with Crippen LogP contribution in [0.3, 0.4) is 0 Å². The first-order chi connectivity index (χ1) is 8.09. The molecule has 0 spiro atoms. The predicted octanol–water partition coefficient (Wildman–Crippen LogP) is 1.38. The van der Waals surface area contributed by atoms with Crippen LogP contribution in [0, 0.1) is 0 Å². The average molecular weight is 260 g/mol. The van der Waals surface area contributed by atoms with E-state index in [1.807, 2.05) is 6.92 Å². The molecule has 2 aliphatic rings. The van der Waals surface area contributed by atoms with Crippen LogP contribution in [0.25, 0.3) is 0 Å². The van der Waals surface area contributed by atoms with Gasteiger partial charge in [0, 0.05) is 12.1 Å². The number of hydrogen-bond acceptors (Lipinski definition) is 3. The summed E-state index contributed by atoms with van der Waals surface area (Å²) in [5.41, 5.74) is 0. The fourth-order valence-electron chi connectivity index (χ4n) is 2.94. The van der Waals surface area contributed by atoms with Gasteiger partial charge in [-0.3, -0.25) is 0 Å². The highest BCUT2D eigenvalue weighted by molar-refractivity contribution is 7.90. The Hall–Kier alpha value is -0.130. The summed E-state index contributed by atoms with van der Waals surface area (Å²) in [6.07, 6.45) is 7.27. The van der Waals surface area contributed by atoms with Gasteiger partial charge < -0.3 is 5.32 Å². The fraction of sp³-hybridized carbons (Fsp3) is 1.00. The lowest BCUT2D eigenvalue weighted by molar-refractivity contribution is 0.346. The van der Waals surface area contributed by atoms with Gasteiger partial charge in [-0.15, -0.1) is 0 Å². The molecule has 2 unspecified atom stereocenters. The minimum absolute atomic E-state index is 0.0147. The molecule has 100 valence electrons. The van der Waals surface area contributed by atoms with Gasteiger partial charge in [-0.25, -0.2) is 13.1 Å². The Morgan fingerprint density at radius 3 is 2.35 bits per heavy atom. The van der Waals surface area contributed by atoms with Crippen molar-refractivity contribution in [2.45, 2.75) is 69.2 Å². The van der Waals surface area contributed by atoms with E-state index < -0.39 is 10.0 Å². The molecule has 0 radical (unpaired) electrons. The van der Waals surface area contributed by atoms with E-state index in [4.69, 9.17) is 0 Å². The van der Waals surface area contributed by atoms with E-state index in [2.05, 4.69) is 10.0 Å². The Morgan fingerprint density at radius 1 is 1.12 bits per heavy atom. The van der Waals surface area contributed by atoms with Gasteiger partial charge in [0.25, 0.3) is 0 Å². The second-order valence-corrected chi connectivity index (χ2v) is 7.41. The lowest BCUT2D eigenvalue weighted by atomic mass is 10.00. The summed E-state index contributed by atoms with van der Waals surface area (Å²) in [7, 11) is -3.10. The van der Waals surface area contributed by atoms with Crippen molar-refractivity contribution in [3.8, 4) is 0 Å². The molecule has 0 aromatic heterocycles. The fourth-order valence-corrected chi connectivity index (χ4v) is 4.77. The lowest BCUT2D eigenvalue weighted by Gasteiger charge is -2.30. The van der Waals surface area contributed by atoms with E-state index in [9.17, 15) is 8.42 Å². The number of sulfonamides is 1. The molecule has 1 aliphatic heterocycles. The topological polar surface area (TPSA) is 58.2 Å². The lowest BCUT2D eigenvalue weighted by Crippen LogP contribution is -2.51. The van der Waals surface area contributed by atoms with Crippen LogP contribution in [0.5, 0.6) is 0 Å². The Labute approximate surface area is 105 Å². The largest absolute Gasteiger partial charge is 0.312 e. The van der Waals surface area contributed by atoms with Crippen molar-refractivity contribution in [1.82, 2.24) is 10.0 Å². The Kier molecular flexibility index (Phi) is 4.44. The molecule has 0 aromatic rings. The molecule has 1 saturated heterocycles. The summed E-state index contributed by atoms with van der Waals surface area (Å²) in [5, 5.41) is 3.26. The van der Waals surface area contributed by atoms with Crippen molar-refractivity contribution >= 4 is 10.0 Å². The van der Waals surface area contributed by atoms with Crippen LogP contribution in [0.2, 0.25) is 0 Å². The molecule has 4 nitrogen and oxygen atoms in total. The highest BCUT2D eigenvalue weighted by Gasteiger charge is 2.31. The van der Waals surface area contributed by atoms with Crippen LogP contribution in [0.4, 0.5) is 0 Å². The number of piperidine rings is 1. The molecule has 1 aliphatic carbocycles. The molecule has 0 bridgehead atoms. The summed E-state index contributed by atoms with van der Waals surface area (Å²) in [6.45, 7) is 3.00. The quantitative estimate of drug-likeness (QED) is 0.803. The van der Waals surface area contributed by atoms with Crippen LogP contribution in [-0.4, -0.2) is 32.3 Å². The minimum Gasteiger partial charge on any atom is -0.312 e. The van der Waals surface area contributed by atoms with E-state index in [1.54, 1.807) is 0 Å². The molecule has 5 heteroatoms. The zero-order valence-electron chi connectivity index (χ0n) is 10.6. The van der Waals surface area contributed by atoms with Gasteiger partial charge in [0.15, 0.2) is 0 Å².